The van der Waals surface area contributed by atoms with Crippen LogP contribution >= 0.6 is 0 Å². The standard InChI is InChI=1S/C23H23N3O3/c1-28-19-8-10-20(22(13-19)29-2)25-23(27)21-9-7-18(14-24-21)26-12-11-16-5-3-4-6-17(16)15-26/h3-10,13-14H,11-12,15H2,1-2H3,(H,25,27). The number of carbonyl (C=O) groups is 1. The Kier molecular flexibility index (Phi) is 5.33. The summed E-state index contributed by atoms with van der Waals surface area (Å²) in [7, 11) is 3.13. The van der Waals surface area contributed by atoms with Crippen LogP contribution in [-0.4, -0.2) is 31.7 Å². The fraction of sp³-hybridized carbons (Fsp3) is 0.217. The first-order chi connectivity index (χ1) is 14.2. The predicted octanol–water partition coefficient (Wildman–Crippen LogP) is 3.91. The highest BCUT2D eigenvalue weighted by Gasteiger charge is 2.17. The van der Waals surface area contributed by atoms with E-state index < -0.39 is 0 Å². The Bertz CT molecular complexity index is 1020. The molecule has 0 bridgehead atoms. The van der Waals surface area contributed by atoms with Gasteiger partial charge in [-0.25, -0.2) is 4.98 Å². The number of fused-ring (bicyclic) bond motifs is 1. The predicted molar refractivity (Wildman–Crippen MR) is 113 cm³/mol. The van der Waals surface area contributed by atoms with Crippen molar-refractivity contribution in [2.24, 2.45) is 0 Å². The molecule has 3 aromatic rings. The van der Waals surface area contributed by atoms with Gasteiger partial charge in [-0.05, 0) is 41.8 Å². The normalized spacial score (nSPS) is 12.8. The number of methoxy groups -OCH3 is 2. The molecule has 1 aromatic heterocycles. The molecule has 0 aliphatic carbocycles. The highest BCUT2D eigenvalue weighted by molar-refractivity contribution is 6.03. The van der Waals surface area contributed by atoms with E-state index in [1.807, 2.05) is 6.07 Å². The number of aromatic nitrogens is 1. The van der Waals surface area contributed by atoms with E-state index in [0.29, 0.717) is 22.9 Å². The van der Waals surface area contributed by atoms with Crippen LogP contribution in [0.15, 0.2) is 60.8 Å². The molecule has 0 radical (unpaired) electrons. The van der Waals surface area contributed by atoms with Gasteiger partial charge in [-0.1, -0.05) is 24.3 Å². The highest BCUT2D eigenvalue weighted by Crippen LogP contribution is 2.29. The molecule has 1 amide bonds. The molecule has 148 valence electrons. The van der Waals surface area contributed by atoms with Crippen LogP contribution in [0.5, 0.6) is 11.5 Å². The molecule has 4 rings (SSSR count). The fourth-order valence-electron chi connectivity index (χ4n) is 3.51. The summed E-state index contributed by atoms with van der Waals surface area (Å²) in [5, 5.41) is 2.85. The SMILES string of the molecule is COc1ccc(NC(=O)c2ccc(N3CCc4ccccc4C3)cn2)c(OC)c1. The second-order valence-corrected chi connectivity index (χ2v) is 6.86. The number of anilines is 2. The molecule has 29 heavy (non-hydrogen) atoms. The molecule has 6 heteroatoms. The largest absolute Gasteiger partial charge is 0.497 e. The lowest BCUT2D eigenvalue weighted by Gasteiger charge is -2.30. The number of hydrogen-bond donors (Lipinski definition) is 1. The summed E-state index contributed by atoms with van der Waals surface area (Å²) in [4.78, 5) is 19.3. The van der Waals surface area contributed by atoms with Crippen LogP contribution in [0.3, 0.4) is 0 Å². The lowest BCUT2D eigenvalue weighted by Crippen LogP contribution is -2.30. The van der Waals surface area contributed by atoms with Gasteiger partial charge in [-0.3, -0.25) is 4.79 Å². The second-order valence-electron chi connectivity index (χ2n) is 6.86. The van der Waals surface area contributed by atoms with Gasteiger partial charge in [0.05, 0.1) is 31.8 Å². The lowest BCUT2D eigenvalue weighted by atomic mass is 10.00. The molecule has 6 nitrogen and oxygen atoms in total. The van der Waals surface area contributed by atoms with Crippen LogP contribution in [0.2, 0.25) is 0 Å². The van der Waals surface area contributed by atoms with Crippen molar-refractivity contribution < 1.29 is 14.3 Å². The fourth-order valence-corrected chi connectivity index (χ4v) is 3.51. The van der Waals surface area contributed by atoms with Gasteiger partial charge >= 0.3 is 0 Å². The van der Waals surface area contributed by atoms with Crippen molar-refractivity contribution in [3.05, 3.63) is 77.6 Å². The summed E-state index contributed by atoms with van der Waals surface area (Å²) < 4.78 is 10.5. The Morgan fingerprint density at radius 2 is 1.86 bits per heavy atom. The zero-order chi connectivity index (χ0) is 20.2. The molecule has 1 N–H and O–H groups in total. The van der Waals surface area contributed by atoms with Crippen molar-refractivity contribution in [3.63, 3.8) is 0 Å². The van der Waals surface area contributed by atoms with E-state index in [9.17, 15) is 4.79 Å². The number of carbonyl (C=O) groups excluding carboxylic acids is 1. The monoisotopic (exact) mass is 389 g/mol. The minimum atomic E-state index is -0.288. The van der Waals surface area contributed by atoms with E-state index >= 15 is 0 Å². The molecule has 0 saturated heterocycles. The van der Waals surface area contributed by atoms with E-state index in [1.165, 1.54) is 11.1 Å². The summed E-state index contributed by atoms with van der Waals surface area (Å²) in [5.74, 6) is 0.899. The maximum absolute atomic E-state index is 12.6. The van der Waals surface area contributed by atoms with Gasteiger partial charge in [0.1, 0.15) is 17.2 Å². The molecule has 1 aliphatic heterocycles. The van der Waals surface area contributed by atoms with E-state index in [1.54, 1.807) is 44.7 Å². The summed E-state index contributed by atoms with van der Waals surface area (Å²) in [6.07, 6.45) is 2.77. The van der Waals surface area contributed by atoms with Crippen molar-refractivity contribution in [1.82, 2.24) is 4.98 Å². The average molecular weight is 389 g/mol. The number of hydrogen-bond acceptors (Lipinski definition) is 5. The summed E-state index contributed by atoms with van der Waals surface area (Å²) >= 11 is 0. The first kappa shape index (κ1) is 18.8. The smallest absolute Gasteiger partial charge is 0.274 e. The molecule has 1 aliphatic rings. The van der Waals surface area contributed by atoms with Crippen LogP contribution in [0.1, 0.15) is 21.6 Å². The zero-order valence-corrected chi connectivity index (χ0v) is 16.5. The Labute approximate surface area is 170 Å². The molecule has 0 unspecified atom stereocenters. The van der Waals surface area contributed by atoms with Gasteiger partial charge < -0.3 is 19.7 Å². The van der Waals surface area contributed by atoms with Gasteiger partial charge in [-0.2, -0.15) is 0 Å². The van der Waals surface area contributed by atoms with Crippen molar-refractivity contribution in [2.75, 3.05) is 31.0 Å². The molecule has 2 aromatic carbocycles. The van der Waals surface area contributed by atoms with E-state index in [4.69, 9.17) is 9.47 Å². The minimum absolute atomic E-state index is 0.288. The Morgan fingerprint density at radius 1 is 1.03 bits per heavy atom. The van der Waals surface area contributed by atoms with Gasteiger partial charge in [0, 0.05) is 19.2 Å². The van der Waals surface area contributed by atoms with Gasteiger partial charge in [0.15, 0.2) is 0 Å². The van der Waals surface area contributed by atoms with E-state index in [-0.39, 0.29) is 5.91 Å². The van der Waals surface area contributed by atoms with Gasteiger partial charge in [0.25, 0.3) is 5.91 Å². The third-order valence-corrected chi connectivity index (χ3v) is 5.13. The maximum Gasteiger partial charge on any atom is 0.274 e. The summed E-state index contributed by atoms with van der Waals surface area (Å²) in [6, 6.07) is 17.4. The lowest BCUT2D eigenvalue weighted by molar-refractivity contribution is 0.102. The number of pyridine rings is 1. The average Bonchev–Trinajstić information content (AvgIpc) is 2.79. The molecule has 0 saturated carbocycles. The third kappa shape index (κ3) is 4.01. The minimum Gasteiger partial charge on any atom is -0.497 e. The quantitative estimate of drug-likeness (QED) is 0.717. The number of nitrogens with zero attached hydrogens (tertiary/aromatic N) is 2. The van der Waals surface area contributed by atoms with Crippen molar-refractivity contribution in [2.45, 2.75) is 13.0 Å². The van der Waals surface area contributed by atoms with Crippen LogP contribution in [0, 0.1) is 0 Å². The van der Waals surface area contributed by atoms with Crippen LogP contribution < -0.4 is 19.7 Å². The second kappa shape index (κ2) is 8.22. The van der Waals surface area contributed by atoms with Crippen molar-refractivity contribution in [1.29, 1.82) is 0 Å². The van der Waals surface area contributed by atoms with Gasteiger partial charge in [0.2, 0.25) is 0 Å². The Morgan fingerprint density at radius 3 is 2.59 bits per heavy atom. The van der Waals surface area contributed by atoms with Crippen LogP contribution in [-0.2, 0) is 13.0 Å². The first-order valence-electron chi connectivity index (χ1n) is 9.49. The zero-order valence-electron chi connectivity index (χ0n) is 16.5. The van der Waals surface area contributed by atoms with E-state index in [0.717, 1.165) is 25.2 Å². The number of rotatable bonds is 5. The summed E-state index contributed by atoms with van der Waals surface area (Å²) in [6.45, 7) is 1.79. The van der Waals surface area contributed by atoms with E-state index in [2.05, 4.69) is 39.5 Å². The van der Waals surface area contributed by atoms with Crippen molar-refractivity contribution in [3.8, 4) is 11.5 Å². The third-order valence-electron chi connectivity index (χ3n) is 5.13. The Balaban J connectivity index is 1.46. The van der Waals surface area contributed by atoms with Crippen LogP contribution in [0.25, 0.3) is 0 Å². The van der Waals surface area contributed by atoms with Crippen molar-refractivity contribution >= 4 is 17.3 Å². The molecular formula is C23H23N3O3. The molecule has 0 fully saturated rings. The molecule has 2 heterocycles. The first-order valence-corrected chi connectivity index (χ1v) is 9.49. The maximum atomic E-state index is 12.6. The van der Waals surface area contributed by atoms with Crippen LogP contribution in [0.4, 0.5) is 11.4 Å². The molecule has 0 atom stereocenters. The number of benzene rings is 2. The highest BCUT2D eigenvalue weighted by atomic mass is 16.5. The summed E-state index contributed by atoms with van der Waals surface area (Å²) in [5.41, 5.74) is 4.67. The topological polar surface area (TPSA) is 63.7 Å². The number of ether oxygens (including phenoxy) is 2. The molecule has 0 spiro atoms. The molecular weight excluding hydrogens is 366 g/mol. The Hall–Kier alpha value is -3.54. The number of amides is 1. The number of nitrogens with one attached hydrogen (secondary N) is 1. The van der Waals surface area contributed by atoms with Gasteiger partial charge in [-0.15, -0.1) is 0 Å².